The van der Waals surface area contributed by atoms with Crippen molar-refractivity contribution in [2.45, 2.75) is 52.5 Å². The molecule has 0 aliphatic heterocycles. The first kappa shape index (κ1) is 14.4. The number of aromatic nitrogens is 4. The molecule has 5 heteroatoms. The molecule has 0 saturated heterocycles. The fourth-order valence-electron chi connectivity index (χ4n) is 2.52. The Morgan fingerprint density at radius 2 is 2.05 bits per heavy atom. The minimum Gasteiger partial charge on any atom is -0.312 e. The van der Waals surface area contributed by atoms with Gasteiger partial charge in [0.05, 0.1) is 11.6 Å². The second-order valence-electron chi connectivity index (χ2n) is 5.45. The van der Waals surface area contributed by atoms with Gasteiger partial charge in [-0.2, -0.15) is 5.10 Å². The van der Waals surface area contributed by atoms with Crippen molar-refractivity contribution >= 4 is 22.8 Å². The lowest BCUT2D eigenvalue weighted by molar-refractivity contribution is 0.507. The van der Waals surface area contributed by atoms with E-state index < -0.39 is 0 Å². The van der Waals surface area contributed by atoms with Crippen LogP contribution in [0.4, 0.5) is 0 Å². The highest BCUT2D eigenvalue weighted by atomic mass is 35.5. The van der Waals surface area contributed by atoms with E-state index in [1.165, 1.54) is 6.42 Å². The van der Waals surface area contributed by atoms with E-state index in [2.05, 4.69) is 35.4 Å². The first-order valence-corrected chi connectivity index (χ1v) is 7.58. The van der Waals surface area contributed by atoms with E-state index in [0.29, 0.717) is 5.88 Å². The lowest BCUT2D eigenvalue weighted by atomic mass is 10.1. The molecule has 0 amide bonds. The largest absolute Gasteiger partial charge is 0.312 e. The van der Waals surface area contributed by atoms with Crippen molar-refractivity contribution in [1.29, 1.82) is 0 Å². The highest BCUT2D eigenvalue weighted by Gasteiger charge is 2.17. The average Bonchev–Trinajstić information content (AvgIpc) is 2.87. The fraction of sp³-hybridized carbons (Fsp3) is 0.714. The third-order valence-corrected chi connectivity index (χ3v) is 3.73. The summed E-state index contributed by atoms with van der Waals surface area (Å²) < 4.78 is 4.17. The zero-order chi connectivity index (χ0) is 14.0. The van der Waals surface area contributed by atoms with Gasteiger partial charge in [0.15, 0.2) is 5.65 Å². The summed E-state index contributed by atoms with van der Waals surface area (Å²) in [4.78, 5) is 4.67. The van der Waals surface area contributed by atoms with E-state index in [1.807, 2.05) is 11.7 Å². The molecular weight excluding hydrogens is 260 g/mol. The van der Waals surface area contributed by atoms with E-state index in [4.69, 9.17) is 11.6 Å². The van der Waals surface area contributed by atoms with E-state index in [0.717, 1.165) is 48.0 Å². The molecule has 19 heavy (non-hydrogen) atoms. The van der Waals surface area contributed by atoms with Crippen LogP contribution in [0.25, 0.3) is 11.2 Å². The number of rotatable bonds is 6. The molecule has 0 aliphatic rings. The van der Waals surface area contributed by atoms with Crippen LogP contribution >= 0.6 is 11.6 Å². The molecule has 0 N–H and O–H groups in total. The summed E-state index contributed by atoms with van der Waals surface area (Å²) in [5, 5.41) is 4.54. The molecule has 2 rings (SSSR count). The Hall–Kier alpha value is -1.03. The van der Waals surface area contributed by atoms with Crippen LogP contribution in [0.1, 0.15) is 45.1 Å². The quantitative estimate of drug-likeness (QED) is 0.760. The van der Waals surface area contributed by atoms with Gasteiger partial charge in [0, 0.05) is 13.6 Å². The molecule has 0 aromatic carbocycles. The van der Waals surface area contributed by atoms with Crippen LogP contribution in [-0.4, -0.2) is 19.3 Å². The number of aryl methyl sites for hydroxylation is 3. The van der Waals surface area contributed by atoms with Gasteiger partial charge in [-0.15, -0.1) is 11.6 Å². The summed E-state index contributed by atoms with van der Waals surface area (Å²) in [5.41, 5.74) is 3.19. The summed E-state index contributed by atoms with van der Waals surface area (Å²) >= 11 is 6.04. The third-order valence-electron chi connectivity index (χ3n) is 3.49. The molecule has 0 saturated carbocycles. The minimum absolute atomic E-state index is 0.458. The average molecular weight is 283 g/mol. The molecule has 106 valence electrons. The molecule has 0 aliphatic carbocycles. The number of imidazole rings is 1. The van der Waals surface area contributed by atoms with Crippen molar-refractivity contribution in [3.63, 3.8) is 0 Å². The van der Waals surface area contributed by atoms with Crippen molar-refractivity contribution in [2.24, 2.45) is 13.0 Å². The molecule has 4 nitrogen and oxygen atoms in total. The Morgan fingerprint density at radius 1 is 1.32 bits per heavy atom. The topological polar surface area (TPSA) is 35.6 Å². The smallest absolute Gasteiger partial charge is 0.158 e. The lowest BCUT2D eigenvalue weighted by Crippen LogP contribution is -2.07. The second-order valence-corrected chi connectivity index (χ2v) is 5.71. The summed E-state index contributed by atoms with van der Waals surface area (Å²) in [5.74, 6) is 2.15. The first-order chi connectivity index (χ1) is 9.08. The predicted molar refractivity (Wildman–Crippen MR) is 79.5 cm³/mol. The molecule has 0 atom stereocenters. The van der Waals surface area contributed by atoms with Gasteiger partial charge < -0.3 is 4.57 Å². The molecule has 0 spiro atoms. The Morgan fingerprint density at radius 3 is 2.63 bits per heavy atom. The number of alkyl halides is 1. The Labute approximate surface area is 119 Å². The number of nitrogens with zero attached hydrogens (tertiary/aromatic N) is 4. The van der Waals surface area contributed by atoms with Crippen LogP contribution in [0.3, 0.4) is 0 Å². The Bertz CT molecular complexity index is 553. The highest BCUT2D eigenvalue weighted by molar-refractivity contribution is 6.16. The molecule has 2 heterocycles. The van der Waals surface area contributed by atoms with Crippen molar-refractivity contribution in [3.8, 4) is 0 Å². The summed E-state index contributed by atoms with van der Waals surface area (Å²) in [6, 6.07) is 0. The zero-order valence-electron chi connectivity index (χ0n) is 12.3. The minimum atomic E-state index is 0.458. The number of hydrogen-bond acceptors (Lipinski definition) is 2. The van der Waals surface area contributed by atoms with E-state index in [-0.39, 0.29) is 0 Å². The maximum atomic E-state index is 6.04. The van der Waals surface area contributed by atoms with Gasteiger partial charge in [0.25, 0.3) is 0 Å². The molecule has 0 fully saturated rings. The Kier molecular flexibility index (Phi) is 4.50. The van der Waals surface area contributed by atoms with Crippen molar-refractivity contribution in [2.75, 3.05) is 0 Å². The van der Waals surface area contributed by atoms with Gasteiger partial charge >= 0.3 is 0 Å². The van der Waals surface area contributed by atoms with Crippen molar-refractivity contribution in [3.05, 3.63) is 11.5 Å². The van der Waals surface area contributed by atoms with Crippen molar-refractivity contribution in [1.82, 2.24) is 19.3 Å². The fourth-order valence-corrected chi connectivity index (χ4v) is 2.72. The van der Waals surface area contributed by atoms with E-state index >= 15 is 0 Å². The van der Waals surface area contributed by atoms with Gasteiger partial charge in [0.1, 0.15) is 11.3 Å². The maximum Gasteiger partial charge on any atom is 0.158 e. The number of fused-ring (bicyclic) bond motifs is 1. The van der Waals surface area contributed by atoms with E-state index in [9.17, 15) is 0 Å². The monoisotopic (exact) mass is 282 g/mol. The molecule has 0 radical (unpaired) electrons. The molecule has 0 bridgehead atoms. The molecule has 0 unspecified atom stereocenters. The van der Waals surface area contributed by atoms with Crippen LogP contribution in [0.15, 0.2) is 0 Å². The molecule has 2 aromatic heterocycles. The standard InChI is InChI=1S/C14H23ClN4/c1-5-11-13-14(18(4)17-11)19(12(9-15)16-13)8-6-7-10(2)3/h10H,5-9H2,1-4H3. The normalized spacial score (nSPS) is 11.9. The molecule has 2 aromatic rings. The zero-order valence-corrected chi connectivity index (χ0v) is 13.0. The Balaban J connectivity index is 2.36. The SMILES string of the molecule is CCc1nn(C)c2c1nc(CCl)n2CCCC(C)C. The molecular formula is C14H23ClN4. The van der Waals surface area contributed by atoms with E-state index in [1.54, 1.807) is 0 Å². The predicted octanol–water partition coefficient (Wildman–Crippen LogP) is 3.51. The van der Waals surface area contributed by atoms with Gasteiger partial charge in [0.2, 0.25) is 0 Å². The van der Waals surface area contributed by atoms with Gasteiger partial charge in [-0.05, 0) is 25.2 Å². The maximum absolute atomic E-state index is 6.04. The third kappa shape index (κ3) is 2.78. The summed E-state index contributed by atoms with van der Waals surface area (Å²) in [6.07, 6.45) is 3.28. The van der Waals surface area contributed by atoms with Gasteiger partial charge in [-0.1, -0.05) is 20.8 Å². The van der Waals surface area contributed by atoms with Crippen LogP contribution in [0.2, 0.25) is 0 Å². The summed E-state index contributed by atoms with van der Waals surface area (Å²) in [7, 11) is 1.99. The van der Waals surface area contributed by atoms with Gasteiger partial charge in [-0.25, -0.2) is 4.98 Å². The first-order valence-electron chi connectivity index (χ1n) is 7.05. The van der Waals surface area contributed by atoms with Crippen LogP contribution < -0.4 is 0 Å². The lowest BCUT2D eigenvalue weighted by Gasteiger charge is -2.09. The summed E-state index contributed by atoms with van der Waals surface area (Å²) in [6.45, 7) is 7.59. The van der Waals surface area contributed by atoms with Crippen LogP contribution in [-0.2, 0) is 25.9 Å². The number of hydrogen-bond donors (Lipinski definition) is 0. The second kappa shape index (κ2) is 5.95. The van der Waals surface area contributed by atoms with Crippen LogP contribution in [0.5, 0.6) is 0 Å². The van der Waals surface area contributed by atoms with Gasteiger partial charge in [-0.3, -0.25) is 4.68 Å². The highest BCUT2D eigenvalue weighted by Crippen LogP contribution is 2.22. The van der Waals surface area contributed by atoms with Crippen LogP contribution in [0, 0.1) is 5.92 Å². The van der Waals surface area contributed by atoms with Crippen molar-refractivity contribution < 1.29 is 0 Å². The number of halogens is 1.